The highest BCUT2D eigenvalue weighted by Gasteiger charge is 2.12. The maximum Gasteiger partial charge on any atom is 0.291 e. The van der Waals surface area contributed by atoms with Gasteiger partial charge in [-0.05, 0) is 34.1 Å². The van der Waals surface area contributed by atoms with E-state index in [-0.39, 0.29) is 11.7 Å². The van der Waals surface area contributed by atoms with Crippen LogP contribution in [0, 0.1) is 0 Å². The molecule has 0 radical (unpaired) electrons. The van der Waals surface area contributed by atoms with Gasteiger partial charge < -0.3 is 9.73 Å². The minimum Gasteiger partial charge on any atom is -0.459 e. The first kappa shape index (κ1) is 11.0. The van der Waals surface area contributed by atoms with E-state index >= 15 is 0 Å². The second kappa shape index (κ2) is 4.26. The minimum atomic E-state index is -0.331. The lowest BCUT2D eigenvalue weighted by molar-refractivity contribution is 0.0997. The molecule has 0 saturated carbocycles. The smallest absolute Gasteiger partial charge is 0.291 e. The van der Waals surface area contributed by atoms with Crippen LogP contribution in [0.25, 0.3) is 5.65 Å². The first-order valence-corrected chi connectivity index (χ1v) is 5.87. The van der Waals surface area contributed by atoms with Gasteiger partial charge in [0.25, 0.3) is 5.91 Å². The van der Waals surface area contributed by atoms with Crippen LogP contribution in [0.15, 0.2) is 45.9 Å². The Balaban J connectivity index is 1.99. The first-order valence-electron chi connectivity index (χ1n) is 5.08. The van der Waals surface area contributed by atoms with E-state index < -0.39 is 0 Å². The molecule has 0 bridgehead atoms. The van der Waals surface area contributed by atoms with Crippen molar-refractivity contribution in [3.63, 3.8) is 0 Å². The van der Waals surface area contributed by atoms with Crippen LogP contribution < -0.4 is 5.32 Å². The van der Waals surface area contributed by atoms with E-state index in [1.54, 1.807) is 35.1 Å². The molecule has 0 aliphatic rings. The third-order valence-corrected chi connectivity index (χ3v) is 2.79. The predicted molar refractivity (Wildman–Crippen MR) is 67.3 cm³/mol. The molecule has 0 aliphatic heterocycles. The van der Waals surface area contributed by atoms with Crippen LogP contribution in [0.5, 0.6) is 0 Å². The second-order valence-corrected chi connectivity index (χ2v) is 4.48. The van der Waals surface area contributed by atoms with Crippen LogP contribution in [0.2, 0.25) is 0 Å². The molecule has 6 nitrogen and oxygen atoms in total. The topological polar surface area (TPSA) is 72.4 Å². The van der Waals surface area contributed by atoms with E-state index in [1.165, 1.54) is 6.26 Å². The number of hydrogen-bond acceptors (Lipinski definition) is 4. The number of halogens is 1. The van der Waals surface area contributed by atoms with E-state index in [1.807, 2.05) is 0 Å². The number of pyridine rings is 1. The lowest BCUT2D eigenvalue weighted by Crippen LogP contribution is -2.11. The summed E-state index contributed by atoms with van der Waals surface area (Å²) >= 11 is 3.36. The zero-order chi connectivity index (χ0) is 12.5. The molecule has 0 atom stereocenters. The van der Waals surface area contributed by atoms with Crippen LogP contribution in [0.1, 0.15) is 10.6 Å². The molecule has 0 fully saturated rings. The third kappa shape index (κ3) is 1.88. The van der Waals surface area contributed by atoms with Crippen LogP contribution >= 0.6 is 15.9 Å². The van der Waals surface area contributed by atoms with E-state index in [0.29, 0.717) is 11.3 Å². The summed E-state index contributed by atoms with van der Waals surface area (Å²) in [6.45, 7) is 0. The molecular weight excluding hydrogens is 300 g/mol. The summed E-state index contributed by atoms with van der Waals surface area (Å²) in [5.41, 5.74) is 1.13. The van der Waals surface area contributed by atoms with Crippen molar-refractivity contribution in [3.8, 4) is 0 Å². The van der Waals surface area contributed by atoms with Gasteiger partial charge in [-0.15, -0.1) is 10.2 Å². The maximum absolute atomic E-state index is 11.9. The van der Waals surface area contributed by atoms with Gasteiger partial charge in [-0.1, -0.05) is 0 Å². The molecule has 0 aliphatic carbocycles. The number of carbonyl (C=O) groups excluding carboxylic acids is 1. The molecule has 0 saturated heterocycles. The molecule has 3 aromatic rings. The number of fused-ring (bicyclic) bond motifs is 1. The normalized spacial score (nSPS) is 10.7. The van der Waals surface area contributed by atoms with E-state index in [4.69, 9.17) is 4.42 Å². The van der Waals surface area contributed by atoms with Gasteiger partial charge in [-0.25, -0.2) is 0 Å². The third-order valence-electron chi connectivity index (χ3n) is 2.35. The second-order valence-electron chi connectivity index (χ2n) is 3.57. The Hall–Kier alpha value is -2.15. The van der Waals surface area contributed by atoms with Crippen molar-refractivity contribution in [2.24, 2.45) is 0 Å². The average Bonchev–Trinajstić information content (AvgIpc) is 2.98. The van der Waals surface area contributed by atoms with Gasteiger partial charge in [0.2, 0.25) is 0 Å². The minimum absolute atomic E-state index is 0.243. The highest BCUT2D eigenvalue weighted by atomic mass is 79.9. The number of rotatable bonds is 2. The Morgan fingerprint density at radius 2 is 2.39 bits per heavy atom. The van der Waals surface area contributed by atoms with Crippen LogP contribution in [-0.2, 0) is 0 Å². The van der Waals surface area contributed by atoms with Gasteiger partial charge in [0.05, 0.1) is 12.0 Å². The summed E-state index contributed by atoms with van der Waals surface area (Å²) < 4.78 is 7.54. The summed E-state index contributed by atoms with van der Waals surface area (Å²) in [7, 11) is 0. The van der Waals surface area contributed by atoms with Crippen molar-refractivity contribution in [3.05, 3.63) is 47.2 Å². The lowest BCUT2D eigenvalue weighted by Gasteiger charge is -2.05. The molecule has 0 unspecified atom stereocenters. The Morgan fingerprint density at radius 1 is 1.50 bits per heavy atom. The summed E-state index contributed by atoms with van der Waals surface area (Å²) in [5.74, 6) is -0.0874. The number of anilines is 1. The van der Waals surface area contributed by atoms with Gasteiger partial charge >= 0.3 is 0 Å². The van der Waals surface area contributed by atoms with Gasteiger partial charge in [-0.3, -0.25) is 9.20 Å². The predicted octanol–water partition coefficient (Wildman–Crippen LogP) is 2.34. The summed E-state index contributed by atoms with van der Waals surface area (Å²) in [5, 5.41) is 10.5. The lowest BCUT2D eigenvalue weighted by atomic mass is 10.3. The number of nitrogens with zero attached hydrogens (tertiary/aromatic N) is 3. The molecule has 3 rings (SSSR count). The van der Waals surface area contributed by atoms with Gasteiger partial charge in [0.15, 0.2) is 11.4 Å². The molecule has 1 N–H and O–H groups in total. The number of amides is 1. The van der Waals surface area contributed by atoms with Crippen LogP contribution in [-0.4, -0.2) is 20.5 Å². The van der Waals surface area contributed by atoms with Crippen molar-refractivity contribution < 1.29 is 9.21 Å². The van der Waals surface area contributed by atoms with Crippen molar-refractivity contribution in [2.75, 3.05) is 5.32 Å². The summed E-state index contributed by atoms with van der Waals surface area (Å²) in [6.07, 6.45) is 4.81. The highest BCUT2D eigenvalue weighted by molar-refractivity contribution is 9.10. The van der Waals surface area contributed by atoms with Crippen molar-refractivity contribution in [1.29, 1.82) is 0 Å². The fourth-order valence-corrected chi connectivity index (χ4v) is 2.04. The summed E-state index contributed by atoms with van der Waals surface area (Å²) in [6, 6.07) is 5.00. The molecular formula is C11H7BrN4O2. The highest BCUT2D eigenvalue weighted by Crippen LogP contribution is 2.21. The molecule has 3 aromatic heterocycles. The number of aromatic nitrogens is 3. The Labute approximate surface area is 110 Å². The maximum atomic E-state index is 11.9. The molecule has 0 aromatic carbocycles. The quantitative estimate of drug-likeness (QED) is 0.788. The first-order chi connectivity index (χ1) is 8.74. The number of furan rings is 1. The fraction of sp³-hybridized carbons (Fsp3) is 0. The van der Waals surface area contributed by atoms with E-state index in [9.17, 15) is 4.79 Å². The Kier molecular flexibility index (Phi) is 2.60. The fourth-order valence-electron chi connectivity index (χ4n) is 1.59. The van der Waals surface area contributed by atoms with E-state index in [2.05, 4.69) is 31.4 Å². The average molecular weight is 307 g/mol. The van der Waals surface area contributed by atoms with Gasteiger partial charge in [-0.2, -0.15) is 0 Å². The molecule has 7 heteroatoms. The molecule has 90 valence electrons. The van der Waals surface area contributed by atoms with Gasteiger partial charge in [0.1, 0.15) is 6.33 Å². The van der Waals surface area contributed by atoms with Crippen LogP contribution in [0.3, 0.4) is 0 Å². The number of carbonyl (C=O) groups is 1. The zero-order valence-corrected chi connectivity index (χ0v) is 10.6. The number of nitrogens with one attached hydrogen (secondary N) is 1. The Morgan fingerprint density at radius 3 is 3.17 bits per heavy atom. The molecule has 3 heterocycles. The summed E-state index contributed by atoms with van der Waals surface area (Å²) in [4.78, 5) is 11.9. The van der Waals surface area contributed by atoms with Gasteiger partial charge in [0, 0.05) is 10.7 Å². The van der Waals surface area contributed by atoms with Crippen molar-refractivity contribution in [2.45, 2.75) is 0 Å². The van der Waals surface area contributed by atoms with Crippen molar-refractivity contribution in [1.82, 2.24) is 14.6 Å². The Bertz CT molecular complexity index is 705. The van der Waals surface area contributed by atoms with Crippen molar-refractivity contribution >= 4 is 33.2 Å². The SMILES string of the molecule is O=C(Nc1cc(Br)cn2cnnc12)c1ccco1. The largest absolute Gasteiger partial charge is 0.459 e. The molecule has 0 spiro atoms. The number of hydrogen-bond donors (Lipinski definition) is 1. The van der Waals surface area contributed by atoms with Crippen LogP contribution in [0.4, 0.5) is 5.69 Å². The molecule has 1 amide bonds. The van der Waals surface area contributed by atoms with E-state index in [0.717, 1.165) is 4.47 Å². The molecule has 18 heavy (non-hydrogen) atoms. The monoisotopic (exact) mass is 306 g/mol. The standard InChI is InChI=1S/C11H7BrN4O2/c12-7-4-8(10-15-13-6-16(10)5-7)14-11(17)9-2-1-3-18-9/h1-6H,(H,14,17). The zero-order valence-electron chi connectivity index (χ0n) is 9.00.